The van der Waals surface area contributed by atoms with Gasteiger partial charge in [-0.3, -0.25) is 9.59 Å². The van der Waals surface area contributed by atoms with Gasteiger partial charge in [-0.25, -0.2) is 0 Å². The summed E-state index contributed by atoms with van der Waals surface area (Å²) in [4.78, 5) is 25.2. The van der Waals surface area contributed by atoms with Gasteiger partial charge in [0.1, 0.15) is 5.78 Å². The van der Waals surface area contributed by atoms with E-state index >= 15 is 0 Å². The van der Waals surface area contributed by atoms with E-state index in [4.69, 9.17) is 0 Å². The summed E-state index contributed by atoms with van der Waals surface area (Å²) in [5.41, 5.74) is 0.125. The van der Waals surface area contributed by atoms with Gasteiger partial charge in [0.25, 0.3) is 0 Å². The highest BCUT2D eigenvalue weighted by Gasteiger charge is 2.70. The van der Waals surface area contributed by atoms with Gasteiger partial charge >= 0.3 is 5.97 Å². The van der Waals surface area contributed by atoms with Crippen molar-refractivity contribution in [3.63, 3.8) is 0 Å². The molecule has 5 rings (SSSR count). The van der Waals surface area contributed by atoms with E-state index < -0.39 is 11.4 Å². The van der Waals surface area contributed by atoms with E-state index in [0.717, 1.165) is 44.9 Å². The predicted molar refractivity (Wildman–Crippen MR) is 145 cm³/mol. The van der Waals surface area contributed by atoms with Crippen LogP contribution in [0.1, 0.15) is 126 Å². The molecule has 35 heavy (non-hydrogen) atoms. The van der Waals surface area contributed by atoms with Crippen LogP contribution in [0.5, 0.6) is 0 Å². The van der Waals surface area contributed by atoms with Crippen molar-refractivity contribution in [1.82, 2.24) is 0 Å². The van der Waals surface area contributed by atoms with Gasteiger partial charge in [-0.05, 0) is 105 Å². The number of Topliss-reactive ketones (excluding diaryl/α,β-unsaturated/α-hetero) is 1. The molecule has 3 nitrogen and oxygen atoms in total. The van der Waals surface area contributed by atoms with Gasteiger partial charge in [0.15, 0.2) is 0 Å². The fourth-order valence-corrected chi connectivity index (χ4v) is 10.7. The Hall–Kier alpha value is -1.12. The maximum Gasteiger partial charge on any atom is 0.309 e. The van der Waals surface area contributed by atoms with Crippen LogP contribution >= 0.6 is 0 Å². The number of carbonyl (C=O) groups excluding carboxylic acids is 1. The second-order valence-electron chi connectivity index (χ2n) is 13.7. The van der Waals surface area contributed by atoms with Gasteiger partial charge < -0.3 is 5.11 Å². The molecule has 0 aromatic heterocycles. The quantitative estimate of drug-likeness (QED) is 0.377. The molecule has 5 aliphatic carbocycles. The fourth-order valence-electron chi connectivity index (χ4n) is 10.7. The highest BCUT2D eigenvalue weighted by Crippen LogP contribution is 2.76. The molecule has 0 aliphatic heterocycles. The van der Waals surface area contributed by atoms with Gasteiger partial charge in [-0.2, -0.15) is 0 Å². The summed E-state index contributed by atoms with van der Waals surface area (Å²) in [7, 11) is 0. The van der Waals surface area contributed by atoms with Gasteiger partial charge in [0.2, 0.25) is 0 Å². The minimum Gasteiger partial charge on any atom is -0.481 e. The van der Waals surface area contributed by atoms with Gasteiger partial charge in [-0.15, -0.1) is 6.58 Å². The summed E-state index contributed by atoms with van der Waals surface area (Å²) in [6, 6.07) is 0. The molecule has 7 unspecified atom stereocenters. The number of allylic oxidation sites excluding steroid dienone is 1. The Morgan fingerprint density at radius 1 is 0.857 bits per heavy atom. The average Bonchev–Trinajstić information content (AvgIpc) is 3.25. The lowest BCUT2D eigenvalue weighted by Gasteiger charge is -2.72. The molecule has 0 spiro atoms. The summed E-state index contributed by atoms with van der Waals surface area (Å²) in [6.07, 6.45) is 13.5. The van der Waals surface area contributed by atoms with Crippen molar-refractivity contribution >= 4 is 11.8 Å². The number of rotatable bonds is 1. The smallest absolute Gasteiger partial charge is 0.309 e. The van der Waals surface area contributed by atoms with Crippen LogP contribution < -0.4 is 0 Å². The van der Waals surface area contributed by atoms with E-state index in [1.54, 1.807) is 6.08 Å². The second-order valence-corrected chi connectivity index (χ2v) is 13.7. The third kappa shape index (κ3) is 3.80. The maximum atomic E-state index is 12.8. The molecule has 0 heterocycles. The SMILES string of the molecule is C=CC.CC.CC1(C)C(=O)CCC2(C)C1CCC1(C)C2CCC2C3CCCC3(C(=O)O)CC[C@]21C. The van der Waals surface area contributed by atoms with Crippen LogP contribution in [-0.4, -0.2) is 16.9 Å². The number of hydrogen-bond donors (Lipinski definition) is 1. The van der Waals surface area contributed by atoms with Crippen molar-refractivity contribution < 1.29 is 14.7 Å². The number of fused-ring (bicyclic) bond motifs is 7. The normalized spacial score (nSPS) is 47.3. The minimum atomic E-state index is -0.512. The van der Waals surface area contributed by atoms with E-state index in [1.807, 2.05) is 20.8 Å². The molecule has 0 radical (unpaired) electrons. The second kappa shape index (κ2) is 9.64. The Morgan fingerprint density at radius 3 is 2.09 bits per heavy atom. The summed E-state index contributed by atoms with van der Waals surface area (Å²) >= 11 is 0. The first-order valence-electron chi connectivity index (χ1n) is 14.7. The van der Waals surface area contributed by atoms with Crippen molar-refractivity contribution in [2.24, 2.45) is 50.7 Å². The Morgan fingerprint density at radius 2 is 1.49 bits per heavy atom. The monoisotopic (exact) mass is 486 g/mol. The lowest BCUT2D eigenvalue weighted by molar-refractivity contribution is -0.232. The summed E-state index contributed by atoms with van der Waals surface area (Å²) < 4.78 is 0. The molecular weight excluding hydrogens is 432 g/mol. The Balaban J connectivity index is 0.000000638. The Bertz CT molecular complexity index is 829. The van der Waals surface area contributed by atoms with Crippen molar-refractivity contribution in [2.75, 3.05) is 0 Å². The Kier molecular flexibility index (Phi) is 7.84. The molecule has 0 saturated heterocycles. The summed E-state index contributed by atoms with van der Waals surface area (Å²) in [5, 5.41) is 10.2. The first kappa shape index (κ1) is 28.5. The third-order valence-corrected chi connectivity index (χ3v) is 12.5. The molecule has 5 aliphatic rings. The highest BCUT2D eigenvalue weighted by molar-refractivity contribution is 5.85. The molecular formula is C32H54O3. The molecule has 0 aromatic carbocycles. The number of carboxylic acids is 1. The first-order chi connectivity index (χ1) is 16.3. The molecule has 0 amide bonds. The van der Waals surface area contributed by atoms with Crippen LogP contribution in [0.25, 0.3) is 0 Å². The zero-order valence-corrected chi connectivity index (χ0v) is 24.1. The number of carboxylic acid groups (broad SMARTS) is 1. The topological polar surface area (TPSA) is 54.4 Å². The fraction of sp³-hybridized carbons (Fsp3) is 0.875. The number of carbonyl (C=O) groups is 2. The van der Waals surface area contributed by atoms with Crippen molar-refractivity contribution in [3.05, 3.63) is 12.7 Å². The van der Waals surface area contributed by atoms with Crippen molar-refractivity contribution in [1.29, 1.82) is 0 Å². The third-order valence-electron chi connectivity index (χ3n) is 12.5. The zero-order valence-electron chi connectivity index (χ0n) is 24.1. The van der Waals surface area contributed by atoms with E-state index in [9.17, 15) is 14.7 Å². The number of hydrogen-bond acceptors (Lipinski definition) is 2. The van der Waals surface area contributed by atoms with E-state index in [2.05, 4.69) is 41.2 Å². The standard InChI is InChI=1S/C27H42O3.C3H6.C2H6/c1-23(2)19-10-14-26(5)20(24(19,3)13-11-21(23)28)9-8-17-18-7-6-12-27(18,22(29)30)16-15-25(17,26)4;1-3-2;1-2/h17-20H,6-16H2,1-5H3,(H,29,30);3H,1H2,2H3;1-2H3/t17?,18?,19?,20?,24?,25-,26?,27?;;/m1../s1. The molecule has 200 valence electrons. The summed E-state index contributed by atoms with van der Waals surface area (Å²) in [5.74, 6) is 2.06. The number of ketones is 1. The van der Waals surface area contributed by atoms with E-state index in [1.165, 1.54) is 25.7 Å². The molecule has 5 fully saturated rings. The first-order valence-corrected chi connectivity index (χ1v) is 14.7. The van der Waals surface area contributed by atoms with E-state index in [0.29, 0.717) is 29.5 Å². The summed E-state index contributed by atoms with van der Waals surface area (Å²) in [6.45, 7) is 21.3. The molecule has 0 bridgehead atoms. The molecule has 0 aromatic rings. The minimum absolute atomic E-state index is 0.192. The van der Waals surface area contributed by atoms with Crippen LogP contribution in [0.4, 0.5) is 0 Å². The van der Waals surface area contributed by atoms with Crippen molar-refractivity contribution in [3.8, 4) is 0 Å². The highest BCUT2D eigenvalue weighted by atomic mass is 16.4. The van der Waals surface area contributed by atoms with Crippen LogP contribution in [0, 0.1) is 50.7 Å². The van der Waals surface area contributed by atoms with Crippen LogP contribution in [0.15, 0.2) is 12.7 Å². The molecule has 1 N–H and O–H groups in total. The molecule has 8 atom stereocenters. The van der Waals surface area contributed by atoms with Gasteiger partial charge in [-0.1, -0.05) is 61.0 Å². The lowest BCUT2D eigenvalue weighted by Crippen LogP contribution is -2.66. The maximum absolute atomic E-state index is 12.8. The van der Waals surface area contributed by atoms with Crippen LogP contribution in [0.3, 0.4) is 0 Å². The lowest BCUT2D eigenvalue weighted by atomic mass is 9.32. The van der Waals surface area contributed by atoms with Gasteiger partial charge in [0.05, 0.1) is 5.41 Å². The predicted octanol–water partition coefficient (Wildman–Crippen LogP) is 8.71. The zero-order chi connectivity index (χ0) is 26.4. The molecule has 3 heteroatoms. The largest absolute Gasteiger partial charge is 0.481 e. The number of aliphatic carboxylic acids is 1. The van der Waals surface area contributed by atoms with E-state index in [-0.39, 0.29) is 21.7 Å². The van der Waals surface area contributed by atoms with Crippen molar-refractivity contribution in [2.45, 2.75) is 126 Å². The Labute approximate surface area is 215 Å². The van der Waals surface area contributed by atoms with Crippen LogP contribution in [-0.2, 0) is 9.59 Å². The van der Waals surface area contributed by atoms with Gasteiger partial charge in [0, 0.05) is 11.8 Å². The average molecular weight is 487 g/mol. The van der Waals surface area contributed by atoms with Crippen LogP contribution in [0.2, 0.25) is 0 Å². The molecule has 5 saturated carbocycles.